The highest BCUT2D eigenvalue weighted by molar-refractivity contribution is 14.0. The average Bonchev–Trinajstić information content (AvgIpc) is 2.62. The summed E-state index contributed by atoms with van der Waals surface area (Å²) in [6.07, 6.45) is 0.911. The molecule has 0 saturated heterocycles. The van der Waals surface area contributed by atoms with Gasteiger partial charge >= 0.3 is 0 Å². The fourth-order valence-corrected chi connectivity index (χ4v) is 3.08. The summed E-state index contributed by atoms with van der Waals surface area (Å²) in [6.45, 7) is 9.84. The number of halogens is 1. The van der Waals surface area contributed by atoms with Crippen molar-refractivity contribution in [3.63, 3.8) is 0 Å². The zero-order valence-electron chi connectivity index (χ0n) is 17.3. The number of benzene rings is 1. The lowest BCUT2D eigenvalue weighted by atomic mass is 10.1. The average molecular weight is 526 g/mol. The Labute approximate surface area is 187 Å². The van der Waals surface area contributed by atoms with Crippen LogP contribution in [-0.2, 0) is 27.1 Å². The quantitative estimate of drug-likeness (QED) is 0.169. The van der Waals surface area contributed by atoms with Crippen molar-refractivity contribution in [2.45, 2.75) is 39.5 Å². The second kappa shape index (κ2) is 15.0. The molecule has 0 aliphatic heterocycles. The smallest absolute Gasteiger partial charge is 0.215 e. The van der Waals surface area contributed by atoms with Gasteiger partial charge in [0.15, 0.2) is 5.96 Å². The topological polar surface area (TPSA) is 91.8 Å². The summed E-state index contributed by atoms with van der Waals surface area (Å²) in [4.78, 5) is 4.58. The minimum Gasteiger partial charge on any atom is -0.381 e. The molecular formula is C19H35IN4O3S. The molecule has 0 bridgehead atoms. The number of rotatable bonds is 12. The highest BCUT2D eigenvalue weighted by Gasteiger charge is 2.08. The maximum Gasteiger partial charge on any atom is 0.215 e. The van der Waals surface area contributed by atoms with Gasteiger partial charge in [0.2, 0.25) is 10.0 Å². The number of hydrogen-bond donors (Lipinski definition) is 3. The number of nitrogens with zero attached hydrogens (tertiary/aromatic N) is 1. The molecule has 162 valence electrons. The summed E-state index contributed by atoms with van der Waals surface area (Å²) in [5, 5.41) is 6.51. The van der Waals surface area contributed by atoms with Gasteiger partial charge in [-0.15, -0.1) is 24.0 Å². The first kappa shape index (κ1) is 27.1. The van der Waals surface area contributed by atoms with Crippen LogP contribution >= 0.6 is 24.0 Å². The lowest BCUT2D eigenvalue weighted by Gasteiger charge is -2.12. The lowest BCUT2D eigenvalue weighted by Crippen LogP contribution is -2.38. The second-order valence-corrected chi connectivity index (χ2v) is 8.65. The molecule has 0 radical (unpaired) electrons. The number of hydrogen-bond acceptors (Lipinski definition) is 4. The van der Waals surface area contributed by atoms with Crippen molar-refractivity contribution in [2.75, 3.05) is 33.4 Å². The maximum atomic E-state index is 11.7. The molecule has 1 aromatic carbocycles. The Kier molecular flexibility index (Phi) is 14.5. The summed E-state index contributed by atoms with van der Waals surface area (Å²) >= 11 is 0. The predicted octanol–water partition coefficient (Wildman–Crippen LogP) is 2.47. The van der Waals surface area contributed by atoms with Crippen LogP contribution < -0.4 is 15.4 Å². The van der Waals surface area contributed by atoms with Crippen LogP contribution in [0.4, 0.5) is 0 Å². The number of sulfonamides is 1. The fraction of sp³-hybridized carbons (Fsp3) is 0.632. The molecule has 0 spiro atoms. The number of aliphatic imine (C=N–C) groups is 1. The third-order valence-corrected chi connectivity index (χ3v) is 4.97. The van der Waals surface area contributed by atoms with Crippen molar-refractivity contribution < 1.29 is 13.2 Å². The third-order valence-electron chi connectivity index (χ3n) is 3.63. The Bertz CT molecular complexity index is 682. The molecule has 0 aromatic heterocycles. The van der Waals surface area contributed by atoms with Crippen LogP contribution in [0.5, 0.6) is 0 Å². The molecule has 0 heterocycles. The maximum absolute atomic E-state index is 11.7. The molecule has 0 aliphatic carbocycles. The van der Waals surface area contributed by atoms with Crippen molar-refractivity contribution in [3.05, 3.63) is 35.4 Å². The van der Waals surface area contributed by atoms with Crippen molar-refractivity contribution >= 4 is 40.0 Å². The van der Waals surface area contributed by atoms with Crippen LogP contribution in [0.15, 0.2) is 29.3 Å². The van der Waals surface area contributed by atoms with Gasteiger partial charge in [0.1, 0.15) is 0 Å². The first-order valence-electron chi connectivity index (χ1n) is 9.45. The van der Waals surface area contributed by atoms with E-state index in [2.05, 4.69) is 34.2 Å². The van der Waals surface area contributed by atoms with E-state index in [1.54, 1.807) is 0 Å². The van der Waals surface area contributed by atoms with Gasteiger partial charge in [0, 0.05) is 26.3 Å². The van der Waals surface area contributed by atoms with Crippen LogP contribution in [0, 0.1) is 5.92 Å². The molecule has 0 unspecified atom stereocenters. The molecule has 0 aliphatic rings. The van der Waals surface area contributed by atoms with Crippen LogP contribution in [0.25, 0.3) is 0 Å². The standard InChI is InChI=1S/C19H34N4O3S.HI/c1-5-21-19(22-10-7-11-26-14-16(2)3)23-13-17-8-6-9-18(12-17)15-27(24,25)20-4;/h6,8-9,12,16,20H,5,7,10-11,13-15H2,1-4H3,(H2,21,22,23);1H. The van der Waals surface area contributed by atoms with E-state index in [4.69, 9.17) is 4.74 Å². The van der Waals surface area contributed by atoms with E-state index in [0.717, 1.165) is 49.8 Å². The first-order chi connectivity index (χ1) is 12.9. The van der Waals surface area contributed by atoms with Gasteiger partial charge in [-0.2, -0.15) is 0 Å². The van der Waals surface area contributed by atoms with E-state index in [9.17, 15) is 8.42 Å². The van der Waals surface area contributed by atoms with Crippen LogP contribution in [-0.4, -0.2) is 47.7 Å². The Hall–Kier alpha value is -0.910. The molecule has 9 heteroatoms. The fourth-order valence-electron chi connectivity index (χ4n) is 2.32. The van der Waals surface area contributed by atoms with Gasteiger partial charge in [-0.3, -0.25) is 0 Å². The minimum absolute atomic E-state index is 0. The largest absolute Gasteiger partial charge is 0.381 e. The normalized spacial score (nSPS) is 12.0. The van der Waals surface area contributed by atoms with E-state index in [0.29, 0.717) is 12.5 Å². The van der Waals surface area contributed by atoms with Gasteiger partial charge < -0.3 is 15.4 Å². The molecule has 0 amide bonds. The molecule has 0 saturated carbocycles. The Morgan fingerprint density at radius 1 is 1.21 bits per heavy atom. The number of ether oxygens (including phenoxy) is 1. The van der Waals surface area contributed by atoms with Crippen molar-refractivity contribution in [2.24, 2.45) is 10.9 Å². The minimum atomic E-state index is -3.28. The van der Waals surface area contributed by atoms with Crippen LogP contribution in [0.3, 0.4) is 0 Å². The summed E-state index contributed by atoms with van der Waals surface area (Å²) in [5.74, 6) is 1.26. The van der Waals surface area contributed by atoms with E-state index >= 15 is 0 Å². The highest BCUT2D eigenvalue weighted by atomic mass is 127. The monoisotopic (exact) mass is 526 g/mol. The molecule has 28 heavy (non-hydrogen) atoms. The molecule has 0 fully saturated rings. The zero-order valence-corrected chi connectivity index (χ0v) is 20.5. The van der Waals surface area contributed by atoms with Gasteiger partial charge in [-0.25, -0.2) is 18.1 Å². The van der Waals surface area contributed by atoms with E-state index in [-0.39, 0.29) is 29.7 Å². The van der Waals surface area contributed by atoms with Crippen molar-refractivity contribution in [1.29, 1.82) is 0 Å². The van der Waals surface area contributed by atoms with Gasteiger partial charge in [0.25, 0.3) is 0 Å². The van der Waals surface area contributed by atoms with Crippen LogP contribution in [0.2, 0.25) is 0 Å². The Morgan fingerprint density at radius 3 is 2.57 bits per heavy atom. The molecule has 1 rings (SSSR count). The predicted molar refractivity (Wildman–Crippen MR) is 127 cm³/mol. The second-order valence-electron chi connectivity index (χ2n) is 6.73. The van der Waals surface area contributed by atoms with Crippen LogP contribution in [0.1, 0.15) is 38.3 Å². The first-order valence-corrected chi connectivity index (χ1v) is 11.1. The Morgan fingerprint density at radius 2 is 1.93 bits per heavy atom. The SMILES string of the molecule is CCNC(=NCc1cccc(CS(=O)(=O)NC)c1)NCCCOCC(C)C.I. The third kappa shape index (κ3) is 12.5. The van der Waals surface area contributed by atoms with Crippen molar-refractivity contribution in [1.82, 2.24) is 15.4 Å². The number of nitrogens with one attached hydrogen (secondary N) is 3. The van der Waals surface area contributed by atoms with Gasteiger partial charge in [-0.05, 0) is 37.4 Å². The summed E-state index contributed by atoms with van der Waals surface area (Å²) < 4.78 is 31.3. The summed E-state index contributed by atoms with van der Waals surface area (Å²) in [5.41, 5.74) is 1.72. The highest BCUT2D eigenvalue weighted by Crippen LogP contribution is 2.09. The molecular weight excluding hydrogens is 491 g/mol. The van der Waals surface area contributed by atoms with Gasteiger partial charge in [0.05, 0.1) is 12.3 Å². The number of guanidine groups is 1. The molecule has 1 aromatic rings. The molecule has 3 N–H and O–H groups in total. The Balaban J connectivity index is 0.00000729. The zero-order chi connectivity index (χ0) is 20.1. The summed E-state index contributed by atoms with van der Waals surface area (Å²) in [6, 6.07) is 7.49. The van der Waals surface area contributed by atoms with E-state index in [1.807, 2.05) is 31.2 Å². The van der Waals surface area contributed by atoms with Gasteiger partial charge in [-0.1, -0.05) is 38.1 Å². The van der Waals surface area contributed by atoms with E-state index < -0.39 is 10.0 Å². The lowest BCUT2D eigenvalue weighted by molar-refractivity contribution is 0.108. The van der Waals surface area contributed by atoms with Crippen molar-refractivity contribution in [3.8, 4) is 0 Å². The molecule has 7 nitrogen and oxygen atoms in total. The summed E-state index contributed by atoms with van der Waals surface area (Å²) in [7, 11) is -1.85. The van der Waals surface area contributed by atoms with E-state index in [1.165, 1.54) is 7.05 Å². The molecule has 0 atom stereocenters.